The van der Waals surface area contributed by atoms with Crippen LogP contribution in [0.25, 0.3) is 0 Å². The second kappa shape index (κ2) is 11.0. The lowest BCUT2D eigenvalue weighted by atomic mass is 9.87. The number of alkyl halides is 3. The summed E-state index contributed by atoms with van der Waals surface area (Å²) in [6.07, 6.45) is 0.892. The van der Waals surface area contributed by atoms with Gasteiger partial charge in [0.05, 0.1) is 10.5 Å². The number of halogens is 3. The van der Waals surface area contributed by atoms with E-state index in [0.29, 0.717) is 5.92 Å². The molecule has 2 rings (SSSR count). The molecule has 0 aliphatic heterocycles. The van der Waals surface area contributed by atoms with Crippen LogP contribution in [-0.4, -0.2) is 62.4 Å². The predicted octanol–water partition coefficient (Wildman–Crippen LogP) is 4.74. The molecule has 0 atom stereocenters. The molecule has 0 radical (unpaired) electrons. The van der Waals surface area contributed by atoms with Gasteiger partial charge < -0.3 is 4.90 Å². The molecule has 1 aromatic carbocycles. The number of sulfonamides is 1. The molecule has 0 N–H and O–H groups in total. The highest BCUT2D eigenvalue weighted by Crippen LogP contribution is 2.33. The molecule has 0 heterocycles. The maximum atomic E-state index is 12.8. The van der Waals surface area contributed by atoms with Gasteiger partial charge in [-0.1, -0.05) is 6.08 Å². The maximum Gasteiger partial charge on any atom is 0.416 e. The van der Waals surface area contributed by atoms with Gasteiger partial charge in [-0.2, -0.15) is 29.2 Å². The second-order valence-electron chi connectivity index (χ2n) is 7.84. The first-order chi connectivity index (χ1) is 14.1. The van der Waals surface area contributed by atoms with Crippen molar-refractivity contribution in [1.29, 1.82) is 0 Å². The molecule has 0 spiro atoms. The summed E-state index contributed by atoms with van der Waals surface area (Å²) in [7, 11) is -0.207. The van der Waals surface area contributed by atoms with E-state index in [2.05, 4.69) is 18.5 Å². The van der Waals surface area contributed by atoms with Gasteiger partial charge in [-0.3, -0.25) is 0 Å². The molecule has 0 amide bonds. The number of thioether (sulfide) groups is 1. The van der Waals surface area contributed by atoms with Crippen molar-refractivity contribution in [2.24, 2.45) is 5.92 Å². The third-order valence-corrected chi connectivity index (χ3v) is 8.70. The van der Waals surface area contributed by atoms with E-state index in [4.69, 9.17) is 0 Å². The minimum atomic E-state index is -4.48. The summed E-state index contributed by atoms with van der Waals surface area (Å²) >= 11 is 1.93. The predicted molar refractivity (Wildman–Crippen MR) is 117 cm³/mol. The average Bonchev–Trinajstić information content (AvgIpc) is 2.71. The van der Waals surface area contributed by atoms with Gasteiger partial charge in [-0.15, -0.1) is 6.58 Å². The fourth-order valence-electron chi connectivity index (χ4n) is 3.64. The largest absolute Gasteiger partial charge is 0.416 e. The van der Waals surface area contributed by atoms with Crippen molar-refractivity contribution in [2.45, 2.75) is 42.8 Å². The smallest absolute Gasteiger partial charge is 0.302 e. The third-order valence-electron chi connectivity index (χ3n) is 5.60. The number of hydrogen-bond acceptors (Lipinski definition) is 4. The average molecular weight is 465 g/mol. The van der Waals surface area contributed by atoms with Crippen molar-refractivity contribution in [3.05, 3.63) is 42.5 Å². The van der Waals surface area contributed by atoms with Gasteiger partial charge in [-0.05, 0) is 68.7 Å². The van der Waals surface area contributed by atoms with Gasteiger partial charge in [-0.25, -0.2) is 8.42 Å². The first-order valence-electron chi connectivity index (χ1n) is 10.1. The molecular formula is C21H31F3N2O2S2. The van der Waals surface area contributed by atoms with Crippen molar-refractivity contribution in [3.63, 3.8) is 0 Å². The second-order valence-corrected chi connectivity index (χ2v) is 11.0. The van der Waals surface area contributed by atoms with Crippen molar-refractivity contribution in [1.82, 2.24) is 9.21 Å². The van der Waals surface area contributed by atoms with Gasteiger partial charge in [0, 0.05) is 31.9 Å². The summed E-state index contributed by atoms with van der Waals surface area (Å²) in [5, 5.41) is 0. The molecule has 0 bridgehead atoms. The van der Waals surface area contributed by atoms with Gasteiger partial charge in [0.2, 0.25) is 10.0 Å². The number of hydrogen-bond donors (Lipinski definition) is 0. The van der Waals surface area contributed by atoms with Crippen LogP contribution in [0, 0.1) is 5.92 Å². The van der Waals surface area contributed by atoms with E-state index >= 15 is 0 Å². The maximum absolute atomic E-state index is 12.8. The molecule has 0 aromatic heterocycles. The minimum absolute atomic E-state index is 0.0978. The first kappa shape index (κ1) is 25.2. The lowest BCUT2D eigenvalue weighted by Gasteiger charge is -2.34. The zero-order valence-electron chi connectivity index (χ0n) is 17.6. The van der Waals surface area contributed by atoms with E-state index < -0.39 is 21.8 Å². The van der Waals surface area contributed by atoms with Crippen LogP contribution >= 0.6 is 11.8 Å². The molecule has 1 saturated carbocycles. The standard InChI is InChI=1S/C21H31F3N2O2S2/c1-4-13-25(2)14-15-29-16-17-5-9-19(10-6-17)26(3)30(27,28)20-11-7-18(8-12-20)21(22,23)24/h4,7-8,11-12,17,19H,1,5-6,9-10,13-16H2,2-3H3. The van der Waals surface area contributed by atoms with E-state index in [1.165, 1.54) is 11.4 Å². The van der Waals surface area contributed by atoms with E-state index in [-0.39, 0.29) is 10.9 Å². The van der Waals surface area contributed by atoms with Gasteiger partial charge >= 0.3 is 6.18 Å². The van der Waals surface area contributed by atoms with Crippen LogP contribution in [-0.2, 0) is 16.2 Å². The monoisotopic (exact) mass is 464 g/mol. The van der Waals surface area contributed by atoms with Crippen LogP contribution in [0.5, 0.6) is 0 Å². The summed E-state index contributed by atoms with van der Waals surface area (Å²) in [4.78, 5) is 2.12. The molecule has 9 heteroatoms. The fraction of sp³-hybridized carbons (Fsp3) is 0.619. The van der Waals surface area contributed by atoms with Gasteiger partial charge in [0.1, 0.15) is 0 Å². The quantitative estimate of drug-likeness (QED) is 0.371. The lowest BCUT2D eigenvalue weighted by Crippen LogP contribution is -2.39. The van der Waals surface area contributed by atoms with Gasteiger partial charge in [0.25, 0.3) is 0 Å². The highest BCUT2D eigenvalue weighted by Gasteiger charge is 2.33. The molecule has 4 nitrogen and oxygen atoms in total. The molecular weight excluding hydrogens is 433 g/mol. The van der Waals surface area contributed by atoms with Crippen molar-refractivity contribution >= 4 is 21.8 Å². The molecule has 0 unspecified atom stereocenters. The number of rotatable bonds is 10. The van der Waals surface area contributed by atoms with Crippen LogP contribution < -0.4 is 0 Å². The molecule has 0 saturated heterocycles. The normalized spacial score (nSPS) is 20.6. The van der Waals surface area contributed by atoms with Crippen molar-refractivity contribution in [3.8, 4) is 0 Å². The summed E-state index contributed by atoms with van der Waals surface area (Å²) in [5.41, 5.74) is -0.849. The zero-order valence-corrected chi connectivity index (χ0v) is 19.2. The van der Waals surface area contributed by atoms with Crippen molar-refractivity contribution < 1.29 is 21.6 Å². The first-order valence-corrected chi connectivity index (χ1v) is 12.7. The summed E-state index contributed by atoms with van der Waals surface area (Å²) < 4.78 is 65.2. The Bertz CT molecular complexity index is 774. The SMILES string of the molecule is C=CCN(C)CCSCC1CCC(N(C)S(=O)(=O)c2ccc(C(F)(F)F)cc2)CC1. The molecule has 1 fully saturated rings. The van der Waals surface area contributed by atoms with E-state index in [0.717, 1.165) is 74.5 Å². The van der Waals surface area contributed by atoms with Crippen LogP contribution in [0.3, 0.4) is 0 Å². The van der Waals surface area contributed by atoms with Crippen LogP contribution in [0.15, 0.2) is 41.8 Å². The van der Waals surface area contributed by atoms with E-state index in [9.17, 15) is 21.6 Å². The Kier molecular flexibility index (Phi) is 9.27. The topological polar surface area (TPSA) is 40.6 Å². The Labute approximate surface area is 182 Å². The van der Waals surface area contributed by atoms with Crippen LogP contribution in [0.1, 0.15) is 31.2 Å². The molecule has 1 aliphatic carbocycles. The number of nitrogens with zero attached hydrogens (tertiary/aromatic N) is 2. The number of benzene rings is 1. The van der Waals surface area contributed by atoms with Crippen LogP contribution in [0.4, 0.5) is 13.2 Å². The third kappa shape index (κ3) is 7.00. The van der Waals surface area contributed by atoms with E-state index in [1.54, 1.807) is 0 Å². The number of likely N-dealkylation sites (N-methyl/N-ethyl adjacent to an activating group) is 1. The zero-order chi connectivity index (χ0) is 22.4. The summed E-state index contributed by atoms with van der Waals surface area (Å²) in [6, 6.07) is 3.61. The Morgan fingerprint density at radius 3 is 2.27 bits per heavy atom. The van der Waals surface area contributed by atoms with Crippen molar-refractivity contribution in [2.75, 3.05) is 38.7 Å². The fourth-order valence-corrected chi connectivity index (χ4v) is 6.33. The molecule has 170 valence electrons. The lowest BCUT2D eigenvalue weighted by molar-refractivity contribution is -0.137. The molecule has 1 aromatic rings. The van der Waals surface area contributed by atoms with E-state index in [1.807, 2.05) is 17.8 Å². The van der Waals surface area contributed by atoms with Crippen LogP contribution in [0.2, 0.25) is 0 Å². The Hall–Kier alpha value is -1.03. The summed E-state index contributed by atoms with van der Waals surface area (Å²) in [5.74, 6) is 2.72. The Morgan fingerprint density at radius 1 is 1.13 bits per heavy atom. The minimum Gasteiger partial charge on any atom is -0.302 e. The highest BCUT2D eigenvalue weighted by atomic mass is 32.2. The Morgan fingerprint density at radius 2 is 1.73 bits per heavy atom. The highest BCUT2D eigenvalue weighted by molar-refractivity contribution is 7.99. The summed E-state index contributed by atoms with van der Waals surface area (Å²) in [6.45, 7) is 5.63. The Balaban J connectivity index is 1.84. The molecule has 1 aliphatic rings. The van der Waals surface area contributed by atoms with Gasteiger partial charge in [0.15, 0.2) is 0 Å². The molecule has 30 heavy (non-hydrogen) atoms.